The molecule has 4 nitrogen and oxygen atoms in total. The first kappa shape index (κ1) is 10.4. The average Bonchev–Trinajstić information content (AvgIpc) is 2.57. The van der Waals surface area contributed by atoms with E-state index in [-0.39, 0.29) is 24.6 Å². The highest BCUT2D eigenvalue weighted by molar-refractivity contribution is 5.05. The minimum absolute atomic E-state index is 0.00852. The Labute approximate surface area is 84.3 Å². The van der Waals surface area contributed by atoms with Crippen LogP contribution < -0.4 is 5.73 Å². The van der Waals surface area contributed by atoms with Crippen LogP contribution in [0.1, 0.15) is 30.4 Å². The minimum atomic E-state index is -4.24. The van der Waals surface area contributed by atoms with E-state index in [0.717, 1.165) is 0 Å². The van der Waals surface area contributed by atoms with Gasteiger partial charge in [-0.05, 0) is 12.8 Å². The van der Waals surface area contributed by atoms with Crippen molar-refractivity contribution in [2.75, 3.05) is 0 Å². The van der Waals surface area contributed by atoms with Crippen LogP contribution in [0.2, 0.25) is 0 Å². The normalized spacial score (nSPS) is 21.5. The van der Waals surface area contributed by atoms with Crippen molar-refractivity contribution in [2.45, 2.75) is 38.0 Å². The summed E-state index contributed by atoms with van der Waals surface area (Å²) in [5, 5.41) is 3.91. The fourth-order valence-electron chi connectivity index (χ4n) is 1.80. The molecule has 0 radical (unpaired) electrons. The number of aromatic nitrogens is 3. The quantitative estimate of drug-likeness (QED) is 0.773. The Balaban J connectivity index is 2.37. The lowest BCUT2D eigenvalue weighted by Gasteiger charge is -2.23. The van der Waals surface area contributed by atoms with Crippen LogP contribution in [0.4, 0.5) is 13.2 Å². The van der Waals surface area contributed by atoms with Crippen LogP contribution in [0.5, 0.6) is 0 Å². The van der Waals surface area contributed by atoms with Crippen molar-refractivity contribution >= 4 is 0 Å². The molecule has 1 unspecified atom stereocenters. The Morgan fingerprint density at radius 3 is 2.80 bits per heavy atom. The Kier molecular flexibility index (Phi) is 2.41. The monoisotopic (exact) mass is 220 g/mol. The molecular weight excluding hydrogens is 209 g/mol. The van der Waals surface area contributed by atoms with Gasteiger partial charge < -0.3 is 5.73 Å². The number of aryl methyl sites for hydroxylation is 1. The zero-order valence-electron chi connectivity index (χ0n) is 7.96. The lowest BCUT2D eigenvalue weighted by Crippen LogP contribution is -2.28. The van der Waals surface area contributed by atoms with Gasteiger partial charge in [-0.3, -0.25) is 0 Å². The second-order valence-corrected chi connectivity index (χ2v) is 3.55. The topological polar surface area (TPSA) is 56.7 Å². The van der Waals surface area contributed by atoms with Crippen LogP contribution in [0.15, 0.2) is 0 Å². The Morgan fingerprint density at radius 2 is 2.20 bits per heavy atom. The van der Waals surface area contributed by atoms with Crippen molar-refractivity contribution < 1.29 is 13.2 Å². The molecule has 2 heterocycles. The summed E-state index contributed by atoms with van der Waals surface area (Å²) in [7, 11) is 0. The molecule has 84 valence electrons. The molecule has 1 aromatic heterocycles. The summed E-state index contributed by atoms with van der Waals surface area (Å²) in [6, 6.07) is 0. The van der Waals surface area contributed by atoms with Gasteiger partial charge in [0.2, 0.25) is 0 Å². The highest BCUT2D eigenvalue weighted by atomic mass is 19.4. The van der Waals surface area contributed by atoms with Gasteiger partial charge in [-0.1, -0.05) is 0 Å². The molecule has 15 heavy (non-hydrogen) atoms. The molecule has 1 aromatic rings. The van der Waals surface area contributed by atoms with Gasteiger partial charge in [0.15, 0.2) is 5.82 Å². The first-order valence-corrected chi connectivity index (χ1v) is 4.73. The summed E-state index contributed by atoms with van der Waals surface area (Å²) in [5.41, 5.74) is 5.30. The van der Waals surface area contributed by atoms with Gasteiger partial charge in [0.1, 0.15) is 11.7 Å². The minimum Gasteiger partial charge on any atom is -0.324 e. The lowest BCUT2D eigenvalue weighted by atomic mass is 9.99. The van der Waals surface area contributed by atoms with E-state index < -0.39 is 12.1 Å². The average molecular weight is 220 g/mol. The largest absolute Gasteiger partial charge is 0.398 e. The van der Waals surface area contributed by atoms with Crippen LogP contribution >= 0.6 is 0 Å². The van der Waals surface area contributed by atoms with Gasteiger partial charge in [0.05, 0.1) is 6.54 Å². The number of nitrogens with zero attached hydrogens (tertiary/aromatic N) is 3. The highest BCUT2D eigenvalue weighted by Gasteiger charge is 2.44. The number of hydrogen-bond donors (Lipinski definition) is 1. The maximum atomic E-state index is 12.6. The smallest absolute Gasteiger partial charge is 0.324 e. The van der Waals surface area contributed by atoms with E-state index in [1.54, 1.807) is 0 Å². The summed E-state index contributed by atoms with van der Waals surface area (Å²) in [4.78, 5) is 3.82. The number of fused-ring (bicyclic) bond motifs is 1. The summed E-state index contributed by atoms with van der Waals surface area (Å²) in [6.45, 7) is 0.569. The molecule has 0 aromatic carbocycles. The first-order chi connectivity index (χ1) is 7.02. The van der Waals surface area contributed by atoms with Crippen molar-refractivity contribution in [2.24, 2.45) is 5.73 Å². The maximum Gasteiger partial charge on any atom is 0.398 e. The summed E-state index contributed by atoms with van der Waals surface area (Å²) in [5.74, 6) is -1.20. The van der Waals surface area contributed by atoms with E-state index in [9.17, 15) is 13.2 Å². The second kappa shape index (κ2) is 3.48. The summed E-state index contributed by atoms with van der Waals surface area (Å²) < 4.78 is 39.2. The van der Waals surface area contributed by atoms with Gasteiger partial charge in [-0.2, -0.15) is 18.3 Å². The van der Waals surface area contributed by atoms with Gasteiger partial charge in [-0.15, -0.1) is 0 Å². The third kappa shape index (κ3) is 1.83. The van der Waals surface area contributed by atoms with Gasteiger partial charge in [-0.25, -0.2) is 9.67 Å². The molecule has 0 bridgehead atoms. The molecule has 1 aliphatic heterocycles. The van der Waals surface area contributed by atoms with E-state index in [4.69, 9.17) is 5.73 Å². The number of nitrogens with two attached hydrogens (primary N) is 1. The van der Waals surface area contributed by atoms with Crippen LogP contribution in [0.3, 0.4) is 0 Å². The zero-order chi connectivity index (χ0) is 11.1. The van der Waals surface area contributed by atoms with Gasteiger partial charge in [0, 0.05) is 6.54 Å². The van der Waals surface area contributed by atoms with Crippen molar-refractivity contribution in [3.63, 3.8) is 0 Å². The Bertz CT molecular complexity index is 357. The molecule has 0 fully saturated rings. The van der Waals surface area contributed by atoms with Crippen LogP contribution in [0.25, 0.3) is 0 Å². The van der Waals surface area contributed by atoms with E-state index in [1.807, 2.05) is 0 Å². The molecule has 0 spiro atoms. The molecule has 0 saturated heterocycles. The van der Waals surface area contributed by atoms with Crippen molar-refractivity contribution in [1.82, 2.24) is 14.8 Å². The standard InChI is InChI=1S/C8H11F3N4/c9-8(10,11)5-2-1-3-15-7(5)13-6(4-12)14-15/h5H,1-4,12H2. The molecule has 1 atom stereocenters. The second-order valence-electron chi connectivity index (χ2n) is 3.55. The summed E-state index contributed by atoms with van der Waals surface area (Å²) >= 11 is 0. The molecular formula is C8H11F3N4. The van der Waals surface area contributed by atoms with Gasteiger partial charge in [0.25, 0.3) is 0 Å². The van der Waals surface area contributed by atoms with Crippen LogP contribution in [0, 0.1) is 0 Å². The molecule has 2 N–H and O–H groups in total. The van der Waals surface area contributed by atoms with Gasteiger partial charge >= 0.3 is 6.18 Å². The zero-order valence-corrected chi connectivity index (χ0v) is 7.96. The Hall–Kier alpha value is -1.11. The highest BCUT2D eigenvalue weighted by Crippen LogP contribution is 2.39. The number of halogens is 3. The fourth-order valence-corrected chi connectivity index (χ4v) is 1.80. The van der Waals surface area contributed by atoms with Crippen LogP contribution in [-0.2, 0) is 13.1 Å². The molecule has 0 aliphatic carbocycles. The maximum absolute atomic E-state index is 12.6. The van der Waals surface area contributed by atoms with E-state index in [2.05, 4.69) is 10.1 Å². The third-order valence-corrected chi connectivity index (χ3v) is 2.50. The molecule has 1 aliphatic rings. The van der Waals surface area contributed by atoms with Crippen molar-refractivity contribution in [3.05, 3.63) is 11.6 Å². The predicted octanol–water partition coefficient (Wildman–Crippen LogP) is 1.18. The van der Waals surface area contributed by atoms with Crippen molar-refractivity contribution in [1.29, 1.82) is 0 Å². The van der Waals surface area contributed by atoms with Crippen LogP contribution in [-0.4, -0.2) is 20.9 Å². The first-order valence-electron chi connectivity index (χ1n) is 4.73. The molecule has 7 heteroatoms. The van der Waals surface area contributed by atoms with E-state index in [1.165, 1.54) is 4.68 Å². The Morgan fingerprint density at radius 1 is 1.47 bits per heavy atom. The summed E-state index contributed by atoms with van der Waals surface area (Å²) in [6.07, 6.45) is -3.67. The van der Waals surface area contributed by atoms with Crippen molar-refractivity contribution in [3.8, 4) is 0 Å². The number of hydrogen-bond acceptors (Lipinski definition) is 3. The number of alkyl halides is 3. The fraction of sp³-hybridized carbons (Fsp3) is 0.750. The van der Waals surface area contributed by atoms with E-state index >= 15 is 0 Å². The predicted molar refractivity (Wildman–Crippen MR) is 45.9 cm³/mol. The van der Waals surface area contributed by atoms with E-state index in [0.29, 0.717) is 13.0 Å². The molecule has 2 rings (SSSR count). The molecule has 0 amide bonds. The molecule has 0 saturated carbocycles. The lowest BCUT2D eigenvalue weighted by molar-refractivity contribution is -0.156. The number of rotatable bonds is 1. The third-order valence-electron chi connectivity index (χ3n) is 2.50. The SMILES string of the molecule is NCc1nc2n(n1)CCCC2C(F)(F)F.